The Morgan fingerprint density at radius 3 is 2.40 bits per heavy atom. The molecule has 2 aromatic carbocycles. The van der Waals surface area contributed by atoms with Crippen molar-refractivity contribution in [1.82, 2.24) is 10.6 Å². The Hall–Kier alpha value is -3.11. The molecule has 3 N–H and O–H groups in total. The first-order valence-electron chi connectivity index (χ1n) is 11.1. The van der Waals surface area contributed by atoms with E-state index in [1.165, 1.54) is 12.1 Å². The smallest absolute Gasteiger partial charge is 0.356 e. The van der Waals surface area contributed by atoms with Crippen LogP contribution >= 0.6 is 0 Å². The number of hydrogen-bond donors (Lipinski definition) is 3. The van der Waals surface area contributed by atoms with E-state index in [9.17, 15) is 31.5 Å². The lowest BCUT2D eigenvalue weighted by atomic mass is 9.81. The van der Waals surface area contributed by atoms with E-state index < -0.39 is 27.9 Å². The molecule has 0 spiro atoms. The number of alkyl halides is 3. The van der Waals surface area contributed by atoms with Crippen LogP contribution in [0.3, 0.4) is 0 Å². The highest BCUT2D eigenvalue weighted by molar-refractivity contribution is 7.90. The number of halogens is 3. The highest BCUT2D eigenvalue weighted by Crippen LogP contribution is 2.41. The highest BCUT2D eigenvalue weighted by atomic mass is 32.2. The van der Waals surface area contributed by atoms with E-state index in [0.29, 0.717) is 48.6 Å². The largest absolute Gasteiger partial charge is 0.417 e. The minimum Gasteiger partial charge on any atom is -0.356 e. The Bertz CT molecular complexity index is 1300. The normalized spacial score (nSPS) is 21.3. The molecule has 6 nitrogen and oxygen atoms in total. The minimum absolute atomic E-state index is 0.0452. The van der Waals surface area contributed by atoms with Gasteiger partial charge in [0.2, 0.25) is 6.35 Å². The van der Waals surface area contributed by atoms with Gasteiger partial charge in [-0.3, -0.25) is 4.79 Å². The molecule has 1 heterocycles. The average Bonchev–Trinajstić information content (AvgIpc) is 2.80. The van der Waals surface area contributed by atoms with Crippen LogP contribution in [0, 0.1) is 5.92 Å². The second-order valence-corrected chi connectivity index (χ2v) is 10.8. The number of hydrogen-bond acceptors (Lipinski definition) is 5. The van der Waals surface area contributed by atoms with Crippen LogP contribution in [0.5, 0.6) is 0 Å². The monoisotopic (exact) mass is 506 g/mol. The van der Waals surface area contributed by atoms with Crippen LogP contribution in [0.2, 0.25) is 0 Å². The molecule has 1 aliphatic heterocycles. The third-order valence-electron chi connectivity index (χ3n) is 6.27. The van der Waals surface area contributed by atoms with E-state index in [4.69, 9.17) is 0 Å². The van der Waals surface area contributed by atoms with Crippen molar-refractivity contribution in [2.75, 3.05) is 6.26 Å². The topological polar surface area (TPSA) is 95.5 Å². The first-order chi connectivity index (χ1) is 16.4. The van der Waals surface area contributed by atoms with Crippen LogP contribution in [-0.4, -0.2) is 32.0 Å². The van der Waals surface area contributed by atoms with Crippen molar-refractivity contribution in [3.05, 3.63) is 82.6 Å². The maximum absolute atomic E-state index is 13.8. The number of allylic oxidation sites excluding steroid dienone is 3. The molecule has 2 aliphatic rings. The van der Waals surface area contributed by atoms with E-state index in [-0.39, 0.29) is 22.3 Å². The van der Waals surface area contributed by atoms with Crippen LogP contribution in [-0.2, 0) is 27.2 Å². The van der Waals surface area contributed by atoms with Crippen LogP contribution in [0.4, 0.5) is 13.2 Å². The minimum atomic E-state index is -4.72. The molecular weight excluding hydrogens is 481 g/mol. The molecule has 0 aromatic heterocycles. The molecule has 1 amide bonds. The maximum Gasteiger partial charge on any atom is 0.417 e. The number of benzene rings is 2. The quantitative estimate of drug-likeness (QED) is 0.574. The lowest BCUT2D eigenvalue weighted by Crippen LogP contribution is -2.52. The summed E-state index contributed by atoms with van der Waals surface area (Å²) in [6, 6.07) is 12.5. The summed E-state index contributed by atoms with van der Waals surface area (Å²) in [5, 5.41) is 15.4. The van der Waals surface area contributed by atoms with Gasteiger partial charge in [0.15, 0.2) is 9.84 Å². The average molecular weight is 507 g/mol. The fraction of sp³-hybridized carbons (Fsp3) is 0.320. The van der Waals surface area contributed by atoms with Gasteiger partial charge in [-0.1, -0.05) is 42.5 Å². The molecule has 0 bridgehead atoms. The molecule has 10 heteroatoms. The number of rotatable bonds is 5. The number of aliphatic hydroxyl groups excluding tert-OH is 1. The van der Waals surface area contributed by atoms with Gasteiger partial charge in [0.25, 0.3) is 5.91 Å². The summed E-state index contributed by atoms with van der Waals surface area (Å²) in [5.74, 6) is -0.580. The van der Waals surface area contributed by atoms with Crippen molar-refractivity contribution in [3.8, 4) is 0 Å². The van der Waals surface area contributed by atoms with Gasteiger partial charge in [-0.15, -0.1) is 0 Å². The third-order valence-corrected chi connectivity index (χ3v) is 7.38. The lowest BCUT2D eigenvalue weighted by Gasteiger charge is -2.33. The molecular formula is C25H25F3N2O4S. The summed E-state index contributed by atoms with van der Waals surface area (Å²) in [5.41, 5.74) is 1.43. The second-order valence-electron chi connectivity index (χ2n) is 8.75. The summed E-state index contributed by atoms with van der Waals surface area (Å²) in [6.07, 6.45) is -1.93. The van der Waals surface area contributed by atoms with Crippen LogP contribution in [0.1, 0.15) is 36.0 Å². The summed E-state index contributed by atoms with van der Waals surface area (Å²) in [7, 11) is -3.79. The number of carbonyl (C=O) groups excluding carboxylic acids is 1. The van der Waals surface area contributed by atoms with E-state index in [1.54, 1.807) is 6.08 Å². The van der Waals surface area contributed by atoms with Gasteiger partial charge < -0.3 is 15.7 Å². The fourth-order valence-corrected chi connectivity index (χ4v) is 5.20. The summed E-state index contributed by atoms with van der Waals surface area (Å²) < 4.78 is 64.9. The number of aliphatic hydroxyl groups is 1. The van der Waals surface area contributed by atoms with Gasteiger partial charge in [0.05, 0.1) is 10.5 Å². The summed E-state index contributed by atoms with van der Waals surface area (Å²) in [4.78, 5) is 12.3. The molecule has 186 valence electrons. The number of carbonyl (C=O) groups is 1. The molecule has 2 unspecified atom stereocenters. The first kappa shape index (κ1) is 25.0. The Kier molecular flexibility index (Phi) is 6.79. The van der Waals surface area contributed by atoms with E-state index >= 15 is 0 Å². The van der Waals surface area contributed by atoms with Gasteiger partial charge in [-0.2, -0.15) is 13.2 Å². The molecule has 0 fully saturated rings. The summed E-state index contributed by atoms with van der Waals surface area (Å²) in [6.45, 7) is 0. The van der Waals surface area contributed by atoms with Crippen LogP contribution < -0.4 is 10.6 Å². The standard InChI is InChI=1S/C25H25F3N2O4S/c1-35(33,34)18-11-12-19(21(14-18)25(26,27)28)16-7-9-17(10-8-16)22-20(23(31)30-24(32)29-22)13-15-5-3-2-4-6-15/h2-7,11-12,14,17,24,29,32H,8-10,13H2,1H3,(H,30,31). The molecule has 1 aliphatic carbocycles. The van der Waals surface area contributed by atoms with Gasteiger partial charge in [0.1, 0.15) is 0 Å². The van der Waals surface area contributed by atoms with E-state index in [0.717, 1.165) is 11.8 Å². The number of sulfone groups is 1. The highest BCUT2D eigenvalue weighted by Gasteiger charge is 2.36. The predicted molar refractivity (Wildman–Crippen MR) is 124 cm³/mol. The van der Waals surface area contributed by atoms with Gasteiger partial charge in [0, 0.05) is 29.9 Å². The lowest BCUT2D eigenvalue weighted by molar-refractivity contribution is -0.138. The van der Waals surface area contributed by atoms with Gasteiger partial charge >= 0.3 is 6.18 Å². The van der Waals surface area contributed by atoms with Gasteiger partial charge in [-0.05, 0) is 48.1 Å². The second kappa shape index (κ2) is 9.50. The molecule has 0 radical (unpaired) electrons. The first-order valence-corrected chi connectivity index (χ1v) is 13.0. The number of nitrogens with one attached hydrogen (secondary N) is 2. The van der Waals surface area contributed by atoms with Crippen molar-refractivity contribution >= 4 is 21.3 Å². The fourth-order valence-electron chi connectivity index (χ4n) is 4.55. The van der Waals surface area contributed by atoms with Crippen molar-refractivity contribution in [2.24, 2.45) is 5.92 Å². The zero-order chi connectivity index (χ0) is 25.4. The maximum atomic E-state index is 13.8. The van der Waals surface area contributed by atoms with Crippen molar-refractivity contribution in [1.29, 1.82) is 0 Å². The Balaban J connectivity index is 1.66. The van der Waals surface area contributed by atoms with Crippen molar-refractivity contribution in [3.63, 3.8) is 0 Å². The SMILES string of the molecule is CS(=O)(=O)c1ccc(C2=CCC(C3=C(Cc4ccccc4)C(=O)NC(O)N3)CC2)c(C(F)(F)F)c1. The predicted octanol–water partition coefficient (Wildman–Crippen LogP) is 3.78. The molecule has 0 saturated carbocycles. The van der Waals surface area contributed by atoms with E-state index in [1.807, 2.05) is 30.3 Å². The van der Waals surface area contributed by atoms with Gasteiger partial charge in [-0.25, -0.2) is 8.42 Å². The Morgan fingerprint density at radius 1 is 1.09 bits per heavy atom. The zero-order valence-electron chi connectivity index (χ0n) is 18.9. The molecule has 0 saturated heterocycles. The molecule has 2 atom stereocenters. The van der Waals surface area contributed by atoms with Crippen LogP contribution in [0.25, 0.3) is 5.57 Å². The van der Waals surface area contributed by atoms with E-state index in [2.05, 4.69) is 10.6 Å². The molecule has 35 heavy (non-hydrogen) atoms. The zero-order valence-corrected chi connectivity index (χ0v) is 19.7. The summed E-state index contributed by atoms with van der Waals surface area (Å²) >= 11 is 0. The van der Waals surface area contributed by atoms with Crippen molar-refractivity contribution in [2.45, 2.75) is 43.1 Å². The molecule has 4 rings (SSSR count). The van der Waals surface area contributed by atoms with Crippen molar-refractivity contribution < 1.29 is 31.5 Å². The number of amides is 1. The Morgan fingerprint density at radius 2 is 1.80 bits per heavy atom. The molecule has 2 aromatic rings. The Labute approximate surface area is 201 Å². The van der Waals surface area contributed by atoms with Crippen LogP contribution in [0.15, 0.2) is 70.8 Å². The third kappa shape index (κ3) is 5.59.